The predicted molar refractivity (Wildman–Crippen MR) is 74.5 cm³/mol. The van der Waals surface area contributed by atoms with E-state index in [0.29, 0.717) is 5.92 Å². The Morgan fingerprint density at radius 2 is 2.29 bits per heavy atom. The van der Waals surface area contributed by atoms with Crippen LogP contribution >= 0.6 is 0 Å². The summed E-state index contributed by atoms with van der Waals surface area (Å²) in [6.45, 7) is 9.57. The second-order valence-electron chi connectivity index (χ2n) is 5.03. The van der Waals surface area contributed by atoms with E-state index in [1.54, 1.807) is 0 Å². The van der Waals surface area contributed by atoms with Gasteiger partial charge in [-0.3, -0.25) is 0 Å². The number of allylic oxidation sites excluding steroid dienone is 5. The van der Waals surface area contributed by atoms with Gasteiger partial charge in [-0.2, -0.15) is 0 Å². The molecule has 0 amide bonds. The van der Waals surface area contributed by atoms with Gasteiger partial charge < -0.3 is 4.90 Å². The van der Waals surface area contributed by atoms with Gasteiger partial charge in [0.25, 0.3) is 0 Å². The molecule has 0 N–H and O–H groups in total. The molecule has 1 nitrogen and oxygen atoms in total. The molecular weight excluding hydrogens is 206 g/mol. The SMILES string of the molecule is C=CC1=CN(CCCC)C=C2C(C)=CCCC12. The summed E-state index contributed by atoms with van der Waals surface area (Å²) in [4.78, 5) is 2.34. The second kappa shape index (κ2) is 5.39. The maximum absolute atomic E-state index is 3.97. The molecule has 0 saturated carbocycles. The minimum atomic E-state index is 0.593. The summed E-state index contributed by atoms with van der Waals surface area (Å²) in [7, 11) is 0. The molecule has 0 saturated heterocycles. The largest absolute Gasteiger partial charge is 0.354 e. The van der Waals surface area contributed by atoms with Gasteiger partial charge in [0, 0.05) is 24.9 Å². The van der Waals surface area contributed by atoms with Crippen LogP contribution in [0.1, 0.15) is 39.5 Å². The molecule has 1 atom stereocenters. The van der Waals surface area contributed by atoms with E-state index in [9.17, 15) is 0 Å². The Kier molecular flexibility index (Phi) is 3.88. The van der Waals surface area contributed by atoms with E-state index in [0.717, 1.165) is 6.54 Å². The lowest BCUT2D eigenvalue weighted by molar-refractivity contribution is 0.448. The normalized spacial score (nSPS) is 23.5. The lowest BCUT2D eigenvalue weighted by Crippen LogP contribution is -2.24. The summed E-state index contributed by atoms with van der Waals surface area (Å²) in [5, 5.41) is 0. The molecule has 1 heterocycles. The molecule has 2 aliphatic rings. The van der Waals surface area contributed by atoms with Crippen molar-refractivity contribution in [2.75, 3.05) is 6.54 Å². The number of hydrogen-bond acceptors (Lipinski definition) is 1. The third-order valence-corrected chi connectivity index (χ3v) is 3.76. The highest BCUT2D eigenvalue weighted by molar-refractivity contribution is 5.44. The highest BCUT2D eigenvalue weighted by atomic mass is 15.1. The Labute approximate surface area is 105 Å². The van der Waals surface area contributed by atoms with E-state index in [2.05, 4.69) is 43.8 Å². The zero-order valence-corrected chi connectivity index (χ0v) is 11.1. The number of rotatable bonds is 4. The highest BCUT2D eigenvalue weighted by Gasteiger charge is 2.25. The monoisotopic (exact) mass is 229 g/mol. The van der Waals surface area contributed by atoms with Gasteiger partial charge in [0.05, 0.1) is 0 Å². The number of unbranched alkanes of at least 4 members (excludes halogenated alkanes) is 1. The van der Waals surface area contributed by atoms with Gasteiger partial charge in [-0.25, -0.2) is 0 Å². The average Bonchev–Trinajstić information content (AvgIpc) is 2.36. The molecule has 0 aromatic heterocycles. The van der Waals surface area contributed by atoms with E-state index >= 15 is 0 Å². The van der Waals surface area contributed by atoms with Crippen LogP contribution in [0.5, 0.6) is 0 Å². The van der Waals surface area contributed by atoms with Crippen LogP contribution in [0.15, 0.2) is 47.9 Å². The van der Waals surface area contributed by atoms with Crippen LogP contribution in [0.4, 0.5) is 0 Å². The van der Waals surface area contributed by atoms with Crippen LogP contribution < -0.4 is 0 Å². The van der Waals surface area contributed by atoms with Crippen molar-refractivity contribution in [3.05, 3.63) is 47.9 Å². The molecule has 0 aromatic rings. The minimum absolute atomic E-state index is 0.593. The Bertz CT molecular complexity index is 384. The molecule has 1 aliphatic carbocycles. The van der Waals surface area contributed by atoms with Gasteiger partial charge in [-0.05, 0) is 42.9 Å². The summed E-state index contributed by atoms with van der Waals surface area (Å²) in [6, 6.07) is 0. The molecule has 0 aromatic carbocycles. The van der Waals surface area contributed by atoms with E-state index < -0.39 is 0 Å². The minimum Gasteiger partial charge on any atom is -0.354 e. The smallest absolute Gasteiger partial charge is 0.0219 e. The maximum Gasteiger partial charge on any atom is 0.0219 e. The topological polar surface area (TPSA) is 3.24 Å². The summed E-state index contributed by atoms with van der Waals surface area (Å²) >= 11 is 0. The average molecular weight is 229 g/mol. The number of fused-ring (bicyclic) bond motifs is 1. The molecule has 1 aliphatic heterocycles. The van der Waals surface area contributed by atoms with Gasteiger partial charge in [-0.15, -0.1) is 0 Å². The number of nitrogens with zero attached hydrogens (tertiary/aromatic N) is 1. The molecule has 0 spiro atoms. The molecular formula is C16H23N. The molecule has 17 heavy (non-hydrogen) atoms. The first-order valence-corrected chi connectivity index (χ1v) is 6.75. The fraction of sp³-hybridized carbons (Fsp3) is 0.500. The van der Waals surface area contributed by atoms with Gasteiger partial charge in [-0.1, -0.05) is 32.1 Å². The third-order valence-electron chi connectivity index (χ3n) is 3.76. The van der Waals surface area contributed by atoms with Gasteiger partial charge in [0.2, 0.25) is 0 Å². The van der Waals surface area contributed by atoms with Crippen molar-refractivity contribution >= 4 is 0 Å². The summed E-state index contributed by atoms with van der Waals surface area (Å²) in [5.74, 6) is 0.593. The summed E-state index contributed by atoms with van der Waals surface area (Å²) in [5.41, 5.74) is 4.35. The van der Waals surface area contributed by atoms with Crippen LogP contribution in [0.3, 0.4) is 0 Å². The second-order valence-corrected chi connectivity index (χ2v) is 5.03. The van der Waals surface area contributed by atoms with Crippen LogP contribution in [-0.2, 0) is 0 Å². The summed E-state index contributed by atoms with van der Waals surface area (Å²) < 4.78 is 0. The highest BCUT2D eigenvalue weighted by Crippen LogP contribution is 2.38. The van der Waals surface area contributed by atoms with Crippen molar-refractivity contribution in [2.24, 2.45) is 5.92 Å². The van der Waals surface area contributed by atoms with Crippen molar-refractivity contribution in [2.45, 2.75) is 39.5 Å². The Morgan fingerprint density at radius 3 is 3.00 bits per heavy atom. The molecule has 0 radical (unpaired) electrons. The predicted octanol–water partition coefficient (Wildman–Crippen LogP) is 4.41. The first-order valence-electron chi connectivity index (χ1n) is 6.75. The van der Waals surface area contributed by atoms with E-state index in [-0.39, 0.29) is 0 Å². The van der Waals surface area contributed by atoms with Crippen LogP contribution in [0.2, 0.25) is 0 Å². The van der Waals surface area contributed by atoms with Crippen LogP contribution in [-0.4, -0.2) is 11.4 Å². The zero-order valence-electron chi connectivity index (χ0n) is 11.1. The van der Waals surface area contributed by atoms with E-state index in [1.165, 1.54) is 42.4 Å². The van der Waals surface area contributed by atoms with Crippen LogP contribution in [0, 0.1) is 5.92 Å². The number of hydrogen-bond donors (Lipinski definition) is 0. The van der Waals surface area contributed by atoms with Crippen molar-refractivity contribution in [1.82, 2.24) is 4.90 Å². The standard InChI is InChI=1S/C16H23N/c1-4-6-10-17-11-14(5-2)15-9-7-8-13(3)16(15)12-17/h5,8,11-12,15H,2,4,6-7,9-10H2,1,3H3. The maximum atomic E-state index is 3.97. The molecule has 0 fully saturated rings. The van der Waals surface area contributed by atoms with Crippen molar-refractivity contribution in [1.29, 1.82) is 0 Å². The molecule has 1 heteroatoms. The van der Waals surface area contributed by atoms with Gasteiger partial charge in [0.1, 0.15) is 0 Å². The fourth-order valence-corrected chi connectivity index (χ4v) is 2.71. The zero-order chi connectivity index (χ0) is 12.3. The molecule has 1 unspecified atom stereocenters. The Hall–Kier alpha value is -1.24. The van der Waals surface area contributed by atoms with Gasteiger partial charge in [0.15, 0.2) is 0 Å². The Balaban J connectivity index is 2.23. The summed E-state index contributed by atoms with van der Waals surface area (Å²) in [6.07, 6.45) is 14.0. The molecule has 0 bridgehead atoms. The molecule has 2 rings (SSSR count). The lowest BCUT2D eigenvalue weighted by Gasteiger charge is -2.33. The first kappa shape index (κ1) is 12.2. The van der Waals surface area contributed by atoms with Crippen molar-refractivity contribution in [3.63, 3.8) is 0 Å². The van der Waals surface area contributed by atoms with Crippen molar-refractivity contribution < 1.29 is 0 Å². The van der Waals surface area contributed by atoms with Crippen LogP contribution in [0.25, 0.3) is 0 Å². The molecule has 92 valence electrons. The van der Waals surface area contributed by atoms with E-state index in [4.69, 9.17) is 0 Å². The van der Waals surface area contributed by atoms with E-state index in [1.807, 2.05) is 6.08 Å². The quantitative estimate of drug-likeness (QED) is 0.690. The van der Waals surface area contributed by atoms with Crippen molar-refractivity contribution in [3.8, 4) is 0 Å². The fourth-order valence-electron chi connectivity index (χ4n) is 2.71. The van der Waals surface area contributed by atoms with Gasteiger partial charge >= 0.3 is 0 Å². The Morgan fingerprint density at radius 1 is 1.47 bits per heavy atom. The third kappa shape index (κ3) is 2.54. The first-order chi connectivity index (χ1) is 8.26. The lowest BCUT2D eigenvalue weighted by atomic mass is 9.79.